The Hall–Kier alpha value is -1.87. The molecule has 0 heterocycles. The van der Waals surface area contributed by atoms with Crippen molar-refractivity contribution in [2.24, 2.45) is 0 Å². The molecule has 0 fully saturated rings. The third kappa shape index (κ3) is 4.40. The lowest BCUT2D eigenvalue weighted by Crippen LogP contribution is -2.60. The highest BCUT2D eigenvalue weighted by Gasteiger charge is 2.81. The summed E-state index contributed by atoms with van der Waals surface area (Å²) in [5, 5.41) is 0. The van der Waals surface area contributed by atoms with E-state index in [1.54, 1.807) is 12.1 Å². The van der Waals surface area contributed by atoms with Crippen molar-refractivity contribution in [3.63, 3.8) is 0 Å². The van der Waals surface area contributed by atoms with Crippen LogP contribution in [0.3, 0.4) is 0 Å². The van der Waals surface area contributed by atoms with E-state index in [2.05, 4.69) is 6.58 Å². The molecule has 10 heteroatoms. The molecule has 0 bridgehead atoms. The SMILES string of the molecule is C=Cc1ccc(OCCCC(F)(F)C(F)(F)C(F)(F)C(F)(F)F)cc1. The van der Waals surface area contributed by atoms with Gasteiger partial charge in [0.25, 0.3) is 0 Å². The average molecular weight is 380 g/mol. The quantitative estimate of drug-likeness (QED) is 0.400. The maximum absolute atomic E-state index is 13.3. The van der Waals surface area contributed by atoms with E-state index < -0.39 is 43.4 Å². The molecule has 0 amide bonds. The number of ether oxygens (including phenoxy) is 1. The minimum Gasteiger partial charge on any atom is -0.494 e. The second-order valence-corrected chi connectivity index (χ2v) is 5.08. The van der Waals surface area contributed by atoms with Gasteiger partial charge in [-0.05, 0) is 24.1 Å². The Morgan fingerprint density at radius 3 is 1.80 bits per heavy atom. The highest BCUT2D eigenvalue weighted by molar-refractivity contribution is 5.48. The molecule has 0 spiro atoms. The first-order valence-electron chi connectivity index (χ1n) is 6.82. The zero-order chi connectivity index (χ0) is 19.5. The predicted molar refractivity (Wildman–Crippen MR) is 72.2 cm³/mol. The van der Waals surface area contributed by atoms with Crippen molar-refractivity contribution in [2.75, 3.05) is 6.61 Å². The third-order valence-electron chi connectivity index (χ3n) is 3.23. The van der Waals surface area contributed by atoms with Crippen LogP contribution in [0.15, 0.2) is 30.8 Å². The van der Waals surface area contributed by atoms with Gasteiger partial charge in [-0.3, -0.25) is 0 Å². The van der Waals surface area contributed by atoms with Gasteiger partial charge < -0.3 is 4.74 Å². The Morgan fingerprint density at radius 2 is 1.36 bits per heavy atom. The number of hydrogen-bond acceptors (Lipinski definition) is 1. The van der Waals surface area contributed by atoms with Crippen LogP contribution in [0.25, 0.3) is 6.08 Å². The summed E-state index contributed by atoms with van der Waals surface area (Å²) >= 11 is 0. The van der Waals surface area contributed by atoms with E-state index in [0.29, 0.717) is 5.56 Å². The number of rotatable bonds is 8. The summed E-state index contributed by atoms with van der Waals surface area (Å²) in [6.07, 6.45) is -8.06. The van der Waals surface area contributed by atoms with Crippen LogP contribution in [0.1, 0.15) is 18.4 Å². The van der Waals surface area contributed by atoms with Gasteiger partial charge in [0.1, 0.15) is 5.75 Å². The van der Waals surface area contributed by atoms with Gasteiger partial charge >= 0.3 is 23.9 Å². The van der Waals surface area contributed by atoms with E-state index in [9.17, 15) is 39.5 Å². The van der Waals surface area contributed by atoms with E-state index in [1.807, 2.05) is 0 Å². The molecule has 142 valence electrons. The smallest absolute Gasteiger partial charge is 0.460 e. The predicted octanol–water partition coefficient (Wildman–Crippen LogP) is 5.96. The lowest BCUT2D eigenvalue weighted by Gasteiger charge is -2.33. The summed E-state index contributed by atoms with van der Waals surface area (Å²) < 4.78 is 119. The molecule has 0 unspecified atom stereocenters. The summed E-state index contributed by atoms with van der Waals surface area (Å²) in [5.41, 5.74) is 0.716. The van der Waals surface area contributed by atoms with Crippen LogP contribution < -0.4 is 4.74 Å². The molecule has 0 aromatic heterocycles. The zero-order valence-corrected chi connectivity index (χ0v) is 12.5. The van der Waals surface area contributed by atoms with E-state index >= 15 is 0 Å². The molecule has 0 aliphatic carbocycles. The number of benzene rings is 1. The van der Waals surface area contributed by atoms with Crippen molar-refractivity contribution in [3.8, 4) is 5.75 Å². The van der Waals surface area contributed by atoms with E-state index in [0.717, 1.165) is 0 Å². The molecule has 1 rings (SSSR count). The van der Waals surface area contributed by atoms with Gasteiger partial charge in [0.05, 0.1) is 6.61 Å². The molecular formula is C15H13F9O. The van der Waals surface area contributed by atoms with E-state index in [1.165, 1.54) is 18.2 Å². The largest absolute Gasteiger partial charge is 0.494 e. The first kappa shape index (κ1) is 21.2. The van der Waals surface area contributed by atoms with E-state index in [4.69, 9.17) is 4.74 Å². The fourth-order valence-corrected chi connectivity index (χ4v) is 1.75. The Bertz CT molecular complexity index is 576. The zero-order valence-electron chi connectivity index (χ0n) is 12.5. The second-order valence-electron chi connectivity index (χ2n) is 5.08. The Morgan fingerprint density at radius 1 is 0.840 bits per heavy atom. The van der Waals surface area contributed by atoms with Gasteiger partial charge in [-0.1, -0.05) is 24.8 Å². The molecule has 1 aromatic rings. The van der Waals surface area contributed by atoms with Gasteiger partial charge in [0.2, 0.25) is 0 Å². The van der Waals surface area contributed by atoms with Gasteiger partial charge in [-0.15, -0.1) is 0 Å². The van der Waals surface area contributed by atoms with Crippen LogP contribution in [-0.2, 0) is 0 Å². The molecular weight excluding hydrogens is 367 g/mol. The van der Waals surface area contributed by atoms with Gasteiger partial charge in [0.15, 0.2) is 0 Å². The molecule has 0 saturated carbocycles. The maximum atomic E-state index is 13.3. The number of hydrogen-bond donors (Lipinski definition) is 0. The summed E-state index contributed by atoms with van der Waals surface area (Å²) in [5.74, 6) is -18.8. The first-order valence-corrected chi connectivity index (χ1v) is 6.82. The van der Waals surface area contributed by atoms with Crippen molar-refractivity contribution in [1.29, 1.82) is 0 Å². The minimum absolute atomic E-state index is 0.182. The van der Waals surface area contributed by atoms with Crippen LogP contribution in [0.2, 0.25) is 0 Å². The summed E-state index contributed by atoms with van der Waals surface area (Å²) in [4.78, 5) is 0. The maximum Gasteiger partial charge on any atom is 0.460 e. The molecule has 25 heavy (non-hydrogen) atoms. The van der Waals surface area contributed by atoms with Crippen molar-refractivity contribution >= 4 is 6.08 Å². The topological polar surface area (TPSA) is 9.23 Å². The normalized spacial score (nSPS) is 13.6. The van der Waals surface area contributed by atoms with Crippen molar-refractivity contribution in [3.05, 3.63) is 36.4 Å². The first-order chi connectivity index (χ1) is 11.3. The van der Waals surface area contributed by atoms with Crippen LogP contribution in [-0.4, -0.2) is 30.6 Å². The molecule has 0 radical (unpaired) electrons. The van der Waals surface area contributed by atoms with Gasteiger partial charge in [-0.2, -0.15) is 39.5 Å². The Kier molecular flexibility index (Phi) is 6.07. The van der Waals surface area contributed by atoms with Crippen molar-refractivity contribution in [2.45, 2.75) is 36.8 Å². The molecule has 1 nitrogen and oxygen atoms in total. The second kappa shape index (κ2) is 7.17. The monoisotopic (exact) mass is 380 g/mol. The molecule has 0 aliphatic heterocycles. The van der Waals surface area contributed by atoms with Crippen molar-refractivity contribution in [1.82, 2.24) is 0 Å². The summed E-state index contributed by atoms with van der Waals surface area (Å²) in [6.45, 7) is 2.91. The minimum atomic E-state index is -6.86. The Balaban J connectivity index is 2.66. The van der Waals surface area contributed by atoms with E-state index in [-0.39, 0.29) is 5.75 Å². The fourth-order valence-electron chi connectivity index (χ4n) is 1.75. The van der Waals surface area contributed by atoms with Crippen LogP contribution in [0.5, 0.6) is 5.75 Å². The lowest BCUT2D eigenvalue weighted by atomic mass is 10.00. The fraction of sp³-hybridized carbons (Fsp3) is 0.467. The summed E-state index contributed by atoms with van der Waals surface area (Å²) in [7, 11) is 0. The van der Waals surface area contributed by atoms with Gasteiger partial charge in [0, 0.05) is 6.42 Å². The molecule has 0 N–H and O–H groups in total. The van der Waals surface area contributed by atoms with Crippen LogP contribution in [0.4, 0.5) is 39.5 Å². The summed E-state index contributed by atoms with van der Waals surface area (Å²) in [6, 6.07) is 5.94. The molecule has 0 aliphatic rings. The lowest BCUT2D eigenvalue weighted by molar-refractivity contribution is -0.396. The van der Waals surface area contributed by atoms with Gasteiger partial charge in [-0.25, -0.2) is 0 Å². The van der Waals surface area contributed by atoms with Crippen LogP contribution >= 0.6 is 0 Å². The van der Waals surface area contributed by atoms with Crippen molar-refractivity contribution < 1.29 is 44.3 Å². The third-order valence-corrected chi connectivity index (χ3v) is 3.23. The molecule has 0 atom stereocenters. The molecule has 1 aromatic carbocycles. The van der Waals surface area contributed by atoms with Crippen LogP contribution in [0, 0.1) is 0 Å². The standard InChI is InChI=1S/C15H13F9O/c1-2-10-4-6-11(7-5-10)25-9-3-8-12(16,17)13(18,19)14(20,21)15(22,23)24/h2,4-7H,1,3,8-9H2. The molecule has 0 saturated heterocycles. The number of halogens is 9. The Labute approximate surface area is 137 Å². The average Bonchev–Trinajstić information content (AvgIpc) is 2.50. The number of alkyl halides is 9. The highest BCUT2D eigenvalue weighted by atomic mass is 19.4. The highest BCUT2D eigenvalue weighted by Crippen LogP contribution is 2.54.